The molecule has 8 nitrogen and oxygen atoms in total. The fourth-order valence-electron chi connectivity index (χ4n) is 5.26. The Kier molecular flexibility index (Phi) is 9.72. The number of hydrogen-bond donors (Lipinski definition) is 3. The lowest BCUT2D eigenvalue weighted by Gasteiger charge is -2.40. The van der Waals surface area contributed by atoms with Gasteiger partial charge in [-0.3, -0.25) is 19.8 Å². The zero-order valence-corrected chi connectivity index (χ0v) is 23.9. The number of nitrogens with one attached hydrogen (secondary N) is 2. The number of esters is 1. The summed E-state index contributed by atoms with van der Waals surface area (Å²) < 4.78 is 19.2. The van der Waals surface area contributed by atoms with Gasteiger partial charge in [-0.05, 0) is 68.0 Å². The van der Waals surface area contributed by atoms with Crippen LogP contribution in [0, 0.1) is 22.6 Å². The zero-order chi connectivity index (χ0) is 30.3. The van der Waals surface area contributed by atoms with E-state index in [0.29, 0.717) is 49.0 Å². The molecule has 0 spiro atoms. The molecule has 0 aliphatic carbocycles. The number of nitrogens with zero attached hydrogens (tertiary/aromatic N) is 1. The Balaban J connectivity index is 1.41. The highest BCUT2D eigenvalue weighted by molar-refractivity contribution is 5.98. The number of piperidine rings is 1. The molecule has 1 aliphatic heterocycles. The first-order valence-corrected chi connectivity index (χ1v) is 14.0. The summed E-state index contributed by atoms with van der Waals surface area (Å²) in [4.78, 5) is 41.4. The number of benzene rings is 3. The van der Waals surface area contributed by atoms with Crippen molar-refractivity contribution < 1.29 is 23.5 Å². The fraction of sp³-hybridized carbons (Fsp3) is 0.333. The van der Waals surface area contributed by atoms with Crippen LogP contribution in [0.1, 0.15) is 66.2 Å². The molecule has 4 N–H and O–H groups in total. The summed E-state index contributed by atoms with van der Waals surface area (Å²) in [6.07, 6.45) is 1.63. The fourth-order valence-corrected chi connectivity index (χ4v) is 5.26. The maximum Gasteiger partial charge on any atom is 0.306 e. The van der Waals surface area contributed by atoms with Crippen molar-refractivity contribution in [2.75, 3.05) is 13.1 Å². The standard InChI is InChI=1S/C33H37FN4O4/c1-33(2,32(41)38-18-16-22(17-19-38)20-28(39)42-21-23-6-4-3-5-7-23)29(24-12-14-27(34)15-13-24)37-31(40)26-10-8-25(9-11-26)30(35)36/h3-15,22,29H,16-21H2,1-2H3,(H3,35,36)(H,37,40). The highest BCUT2D eigenvalue weighted by Crippen LogP contribution is 2.37. The van der Waals surface area contributed by atoms with Crippen LogP contribution in [0.15, 0.2) is 78.9 Å². The maximum atomic E-state index is 13.9. The SMILES string of the molecule is CC(C)(C(=O)N1CCC(CC(=O)OCc2ccccc2)CC1)C(NC(=O)c1ccc(C(=N)N)cc1)c1ccc(F)cc1. The number of nitrogen functional groups attached to an aromatic ring is 1. The third-order valence-corrected chi connectivity index (χ3v) is 7.81. The Hall–Kier alpha value is -4.53. The van der Waals surface area contributed by atoms with Gasteiger partial charge in [-0.15, -0.1) is 0 Å². The first kappa shape index (κ1) is 30.4. The van der Waals surface area contributed by atoms with Crippen molar-refractivity contribution in [3.63, 3.8) is 0 Å². The Morgan fingerprint density at radius 1 is 0.976 bits per heavy atom. The average molecular weight is 573 g/mol. The second-order valence-electron chi connectivity index (χ2n) is 11.3. The number of amides is 2. The lowest BCUT2D eigenvalue weighted by molar-refractivity contribution is -0.147. The monoisotopic (exact) mass is 572 g/mol. The van der Waals surface area contributed by atoms with Gasteiger partial charge >= 0.3 is 5.97 Å². The van der Waals surface area contributed by atoms with E-state index in [1.54, 1.807) is 55.1 Å². The molecule has 4 rings (SSSR count). The molecule has 0 saturated carbocycles. The largest absolute Gasteiger partial charge is 0.461 e. The Morgan fingerprint density at radius 3 is 2.17 bits per heavy atom. The van der Waals surface area contributed by atoms with Crippen LogP contribution in [0.25, 0.3) is 0 Å². The average Bonchev–Trinajstić information content (AvgIpc) is 2.99. The van der Waals surface area contributed by atoms with E-state index >= 15 is 0 Å². The second-order valence-corrected chi connectivity index (χ2v) is 11.3. The van der Waals surface area contributed by atoms with Gasteiger partial charge in [0.25, 0.3) is 5.91 Å². The summed E-state index contributed by atoms with van der Waals surface area (Å²) in [6, 6.07) is 20.8. The molecule has 3 aromatic carbocycles. The van der Waals surface area contributed by atoms with Gasteiger partial charge in [0.2, 0.25) is 5.91 Å². The quantitative estimate of drug-likeness (QED) is 0.180. The molecule has 2 amide bonds. The van der Waals surface area contributed by atoms with Crippen molar-refractivity contribution in [2.45, 2.75) is 45.8 Å². The van der Waals surface area contributed by atoms with Gasteiger partial charge in [0.1, 0.15) is 18.3 Å². The predicted octanol–water partition coefficient (Wildman–Crippen LogP) is 4.98. The Bertz CT molecular complexity index is 1400. The van der Waals surface area contributed by atoms with Crippen molar-refractivity contribution in [2.24, 2.45) is 17.1 Å². The molecule has 1 fully saturated rings. The molecule has 3 aromatic rings. The first-order valence-electron chi connectivity index (χ1n) is 14.0. The van der Waals surface area contributed by atoms with Gasteiger partial charge in [-0.25, -0.2) is 4.39 Å². The van der Waals surface area contributed by atoms with Gasteiger partial charge in [0, 0.05) is 30.6 Å². The topological polar surface area (TPSA) is 126 Å². The van der Waals surface area contributed by atoms with Crippen LogP contribution in [0.4, 0.5) is 4.39 Å². The molecule has 9 heteroatoms. The van der Waals surface area contributed by atoms with Crippen LogP contribution < -0.4 is 11.1 Å². The lowest BCUT2D eigenvalue weighted by atomic mass is 9.78. The summed E-state index contributed by atoms with van der Waals surface area (Å²) >= 11 is 0. The number of halogens is 1. The first-order chi connectivity index (χ1) is 20.0. The van der Waals surface area contributed by atoms with E-state index in [1.807, 2.05) is 30.3 Å². The summed E-state index contributed by atoms with van der Waals surface area (Å²) in [5.41, 5.74) is 6.81. The van der Waals surface area contributed by atoms with E-state index in [0.717, 1.165) is 5.56 Å². The van der Waals surface area contributed by atoms with Crippen LogP contribution in [-0.4, -0.2) is 41.6 Å². The number of rotatable bonds is 10. The van der Waals surface area contributed by atoms with E-state index in [4.69, 9.17) is 15.9 Å². The number of ether oxygens (including phenoxy) is 1. The Morgan fingerprint density at radius 2 is 1.57 bits per heavy atom. The number of amidine groups is 1. The minimum Gasteiger partial charge on any atom is -0.461 e. The molecule has 1 heterocycles. The molecule has 1 saturated heterocycles. The van der Waals surface area contributed by atoms with Gasteiger partial charge in [0.05, 0.1) is 11.5 Å². The Labute approximate surface area is 245 Å². The van der Waals surface area contributed by atoms with Crippen LogP contribution >= 0.6 is 0 Å². The molecule has 1 unspecified atom stereocenters. The zero-order valence-electron chi connectivity index (χ0n) is 23.9. The number of hydrogen-bond acceptors (Lipinski definition) is 5. The highest BCUT2D eigenvalue weighted by Gasteiger charge is 2.42. The van der Waals surface area contributed by atoms with Gasteiger partial charge in [-0.2, -0.15) is 0 Å². The molecule has 0 bridgehead atoms. The highest BCUT2D eigenvalue weighted by atomic mass is 19.1. The van der Waals surface area contributed by atoms with Crippen LogP contribution in [0.3, 0.4) is 0 Å². The maximum absolute atomic E-state index is 13.9. The van der Waals surface area contributed by atoms with Crippen LogP contribution in [0.2, 0.25) is 0 Å². The van der Waals surface area contributed by atoms with Crippen molar-refractivity contribution >= 4 is 23.6 Å². The molecule has 42 heavy (non-hydrogen) atoms. The van der Waals surface area contributed by atoms with E-state index in [-0.39, 0.29) is 30.2 Å². The molecular weight excluding hydrogens is 535 g/mol. The minimum atomic E-state index is -1.08. The normalized spacial score (nSPS) is 14.6. The third kappa shape index (κ3) is 7.60. The minimum absolute atomic E-state index is 0.106. The summed E-state index contributed by atoms with van der Waals surface area (Å²) in [5, 5.41) is 10.5. The van der Waals surface area contributed by atoms with E-state index < -0.39 is 23.2 Å². The van der Waals surface area contributed by atoms with Gasteiger partial charge in [-0.1, -0.05) is 54.6 Å². The molecular formula is C33H37FN4O4. The molecule has 0 radical (unpaired) electrons. The summed E-state index contributed by atoms with van der Waals surface area (Å²) in [7, 11) is 0. The van der Waals surface area contributed by atoms with E-state index in [1.165, 1.54) is 12.1 Å². The van der Waals surface area contributed by atoms with Crippen LogP contribution in [-0.2, 0) is 20.9 Å². The molecule has 1 aliphatic rings. The summed E-state index contributed by atoms with van der Waals surface area (Å²) in [5.74, 6) is -1.21. The van der Waals surface area contributed by atoms with Crippen LogP contribution in [0.5, 0.6) is 0 Å². The number of carbonyl (C=O) groups excluding carboxylic acids is 3. The van der Waals surface area contributed by atoms with Gasteiger partial charge in [0.15, 0.2) is 0 Å². The molecule has 220 valence electrons. The van der Waals surface area contributed by atoms with Crippen molar-refractivity contribution in [1.82, 2.24) is 10.2 Å². The van der Waals surface area contributed by atoms with E-state index in [2.05, 4.69) is 5.32 Å². The second kappa shape index (κ2) is 13.4. The number of carbonyl (C=O) groups is 3. The van der Waals surface area contributed by atoms with E-state index in [9.17, 15) is 18.8 Å². The van der Waals surface area contributed by atoms with Gasteiger partial charge < -0.3 is 20.7 Å². The number of likely N-dealkylation sites (tertiary alicyclic amines) is 1. The summed E-state index contributed by atoms with van der Waals surface area (Å²) in [6.45, 7) is 4.75. The predicted molar refractivity (Wildman–Crippen MR) is 158 cm³/mol. The number of nitrogens with two attached hydrogens (primary N) is 1. The van der Waals surface area contributed by atoms with Crippen molar-refractivity contribution in [1.29, 1.82) is 5.41 Å². The molecule has 0 aromatic heterocycles. The third-order valence-electron chi connectivity index (χ3n) is 7.81. The smallest absolute Gasteiger partial charge is 0.306 e. The lowest BCUT2D eigenvalue weighted by Crippen LogP contribution is -2.51. The van der Waals surface area contributed by atoms with Crippen molar-refractivity contribution in [3.8, 4) is 0 Å². The van der Waals surface area contributed by atoms with Crippen molar-refractivity contribution in [3.05, 3.63) is 107 Å². The molecule has 1 atom stereocenters.